The Balaban J connectivity index is 0.00000306. The van der Waals surface area contributed by atoms with Crippen LogP contribution in [0.2, 0.25) is 0 Å². The van der Waals surface area contributed by atoms with Crippen molar-refractivity contribution in [3.63, 3.8) is 0 Å². The molecule has 1 N–H and O–H groups in total. The number of halogens is 2. The zero-order chi connectivity index (χ0) is 22.3. The van der Waals surface area contributed by atoms with Gasteiger partial charge in [0.15, 0.2) is 23.0 Å². The highest BCUT2D eigenvalue weighted by Gasteiger charge is 2.15. The Labute approximate surface area is 211 Å². The third-order valence-electron chi connectivity index (χ3n) is 4.70. The van der Waals surface area contributed by atoms with E-state index in [1.807, 2.05) is 37.4 Å². The number of aryl methyl sites for hydroxylation is 1. The van der Waals surface area contributed by atoms with E-state index in [-0.39, 0.29) is 12.4 Å². The fourth-order valence-electron chi connectivity index (χ4n) is 3.14. The molecule has 0 aliphatic carbocycles. The molecule has 33 heavy (non-hydrogen) atoms. The zero-order valence-electron chi connectivity index (χ0n) is 18.2. The monoisotopic (exact) mass is 557 g/mol. The van der Waals surface area contributed by atoms with Crippen LogP contribution >= 0.6 is 40.1 Å². The number of benzene rings is 2. The molecule has 1 aliphatic heterocycles. The van der Waals surface area contributed by atoms with Crippen LogP contribution in [0.4, 0.5) is 0 Å². The first-order chi connectivity index (χ1) is 15.6. The summed E-state index contributed by atoms with van der Waals surface area (Å²) in [4.78, 5) is 0. The van der Waals surface area contributed by atoms with Gasteiger partial charge in [0.05, 0.1) is 11.6 Å². The van der Waals surface area contributed by atoms with Gasteiger partial charge in [0.25, 0.3) is 0 Å². The highest BCUT2D eigenvalue weighted by Crippen LogP contribution is 2.38. The van der Waals surface area contributed by atoms with Gasteiger partial charge in [-0.2, -0.15) is 0 Å². The average Bonchev–Trinajstić information content (AvgIpc) is 3.22. The van der Waals surface area contributed by atoms with Crippen LogP contribution in [0.15, 0.2) is 40.0 Å². The number of fused-ring (bicyclic) bond motifs is 1. The van der Waals surface area contributed by atoms with Crippen LogP contribution in [0.3, 0.4) is 0 Å². The molecule has 0 spiro atoms. The molecule has 2 heterocycles. The molecule has 4 rings (SSSR count). The molecule has 9 nitrogen and oxygen atoms in total. The molecule has 0 fully saturated rings. The third-order valence-corrected chi connectivity index (χ3v) is 6.30. The highest BCUT2D eigenvalue weighted by atomic mass is 79.9. The molecular formula is C21H25BrClN5O4S. The normalized spacial score (nSPS) is 12.2. The minimum absolute atomic E-state index is 0. The smallest absolute Gasteiger partial charge is 0.209 e. The first-order valence-corrected chi connectivity index (χ1v) is 11.9. The SMILES string of the molecule is COc1cc(CNCCSc2nnnn2C)cc(Br)c1OCc1ccc2c(c1)OCCO2.Cl. The number of hydrogen-bond donors (Lipinski definition) is 1. The van der Waals surface area contributed by atoms with Gasteiger partial charge < -0.3 is 24.3 Å². The van der Waals surface area contributed by atoms with Crippen molar-refractivity contribution >= 4 is 40.1 Å². The molecule has 0 radical (unpaired) electrons. The summed E-state index contributed by atoms with van der Waals surface area (Å²) < 4.78 is 25.4. The molecule has 0 amide bonds. The van der Waals surface area contributed by atoms with Crippen molar-refractivity contribution in [3.05, 3.63) is 45.9 Å². The molecule has 0 atom stereocenters. The number of thioether (sulfide) groups is 1. The molecule has 3 aromatic rings. The van der Waals surface area contributed by atoms with Gasteiger partial charge in [-0.1, -0.05) is 17.8 Å². The van der Waals surface area contributed by atoms with Crippen LogP contribution in [-0.4, -0.2) is 52.8 Å². The van der Waals surface area contributed by atoms with E-state index in [1.165, 1.54) is 0 Å². The van der Waals surface area contributed by atoms with Crippen molar-refractivity contribution in [2.75, 3.05) is 32.6 Å². The molecule has 178 valence electrons. The van der Waals surface area contributed by atoms with Crippen LogP contribution in [0.5, 0.6) is 23.0 Å². The summed E-state index contributed by atoms with van der Waals surface area (Å²) in [7, 11) is 3.47. The fourth-order valence-corrected chi connectivity index (χ4v) is 4.49. The summed E-state index contributed by atoms with van der Waals surface area (Å²) in [5.41, 5.74) is 2.08. The Hall–Kier alpha value is -2.21. The zero-order valence-corrected chi connectivity index (χ0v) is 21.5. The minimum Gasteiger partial charge on any atom is -0.493 e. The molecule has 0 saturated heterocycles. The van der Waals surface area contributed by atoms with E-state index in [9.17, 15) is 0 Å². The quantitative estimate of drug-likeness (QED) is 0.296. The maximum absolute atomic E-state index is 6.07. The third kappa shape index (κ3) is 6.66. The summed E-state index contributed by atoms with van der Waals surface area (Å²) in [6, 6.07) is 9.85. The van der Waals surface area contributed by atoms with Crippen molar-refractivity contribution in [3.8, 4) is 23.0 Å². The number of tetrazole rings is 1. The molecule has 0 saturated carbocycles. The van der Waals surface area contributed by atoms with E-state index < -0.39 is 0 Å². The summed E-state index contributed by atoms with van der Waals surface area (Å²) in [6.07, 6.45) is 0. The van der Waals surface area contributed by atoms with Crippen LogP contribution in [0, 0.1) is 0 Å². The van der Waals surface area contributed by atoms with Crippen molar-refractivity contribution in [1.82, 2.24) is 25.5 Å². The molecule has 12 heteroatoms. The van der Waals surface area contributed by atoms with Gasteiger partial charge in [-0.05, 0) is 61.7 Å². The molecule has 0 bridgehead atoms. The van der Waals surface area contributed by atoms with Gasteiger partial charge in [0.1, 0.15) is 19.8 Å². The number of rotatable bonds is 10. The van der Waals surface area contributed by atoms with E-state index in [4.69, 9.17) is 18.9 Å². The van der Waals surface area contributed by atoms with E-state index in [0.29, 0.717) is 37.9 Å². The largest absolute Gasteiger partial charge is 0.493 e. The highest BCUT2D eigenvalue weighted by molar-refractivity contribution is 9.10. The predicted molar refractivity (Wildman–Crippen MR) is 131 cm³/mol. The Bertz CT molecular complexity index is 1070. The lowest BCUT2D eigenvalue weighted by molar-refractivity contribution is 0.171. The van der Waals surface area contributed by atoms with Gasteiger partial charge >= 0.3 is 0 Å². The van der Waals surface area contributed by atoms with Gasteiger partial charge in [-0.3, -0.25) is 0 Å². The van der Waals surface area contributed by atoms with Crippen molar-refractivity contribution < 1.29 is 18.9 Å². The van der Waals surface area contributed by atoms with Crippen LogP contribution < -0.4 is 24.3 Å². The molecule has 2 aromatic carbocycles. The first-order valence-electron chi connectivity index (χ1n) is 10.1. The summed E-state index contributed by atoms with van der Waals surface area (Å²) >= 11 is 5.23. The van der Waals surface area contributed by atoms with Crippen LogP contribution in [0.25, 0.3) is 0 Å². The summed E-state index contributed by atoms with van der Waals surface area (Å²) in [5.74, 6) is 3.72. The number of methoxy groups -OCH3 is 1. The standard InChI is InChI=1S/C21H24BrN5O4S.ClH/c1-27-21(24-25-26-27)32-8-5-23-12-15-9-16(22)20(19(11-15)28-2)31-13-14-3-4-17-18(10-14)30-7-6-29-17;/h3-4,9-11,23H,5-8,12-13H2,1-2H3;1H. The van der Waals surface area contributed by atoms with Crippen LogP contribution in [0.1, 0.15) is 11.1 Å². The lowest BCUT2D eigenvalue weighted by atomic mass is 10.2. The Kier molecular flexibility index (Phi) is 9.48. The van der Waals surface area contributed by atoms with Gasteiger partial charge in [0.2, 0.25) is 5.16 Å². The molecular weight excluding hydrogens is 534 g/mol. The second-order valence-electron chi connectivity index (χ2n) is 6.99. The fraction of sp³-hybridized carbons (Fsp3) is 0.381. The van der Waals surface area contributed by atoms with E-state index in [1.54, 1.807) is 23.6 Å². The minimum atomic E-state index is 0. The van der Waals surface area contributed by atoms with E-state index in [0.717, 1.165) is 44.6 Å². The van der Waals surface area contributed by atoms with Gasteiger partial charge in [0, 0.05) is 25.9 Å². The second kappa shape index (κ2) is 12.3. The summed E-state index contributed by atoms with van der Waals surface area (Å²) in [6.45, 7) is 3.04. The van der Waals surface area contributed by atoms with Crippen molar-refractivity contribution in [2.45, 2.75) is 18.3 Å². The lowest BCUT2D eigenvalue weighted by Gasteiger charge is -2.19. The van der Waals surface area contributed by atoms with Crippen LogP contribution in [-0.2, 0) is 20.2 Å². The first kappa shape index (κ1) is 25.4. The topological polar surface area (TPSA) is 92.6 Å². The van der Waals surface area contributed by atoms with E-state index >= 15 is 0 Å². The number of hydrogen-bond acceptors (Lipinski definition) is 9. The molecule has 1 aliphatic rings. The van der Waals surface area contributed by atoms with Gasteiger partial charge in [-0.25, -0.2) is 4.68 Å². The lowest BCUT2D eigenvalue weighted by Crippen LogP contribution is -2.17. The molecule has 0 unspecified atom stereocenters. The number of aromatic nitrogens is 4. The maximum atomic E-state index is 6.07. The predicted octanol–water partition coefficient (Wildman–Crippen LogP) is 3.64. The Morgan fingerprint density at radius 2 is 1.97 bits per heavy atom. The van der Waals surface area contributed by atoms with Crippen molar-refractivity contribution in [2.24, 2.45) is 7.05 Å². The second-order valence-corrected chi connectivity index (χ2v) is 8.90. The van der Waals surface area contributed by atoms with Gasteiger partial charge in [-0.15, -0.1) is 17.5 Å². The number of nitrogens with one attached hydrogen (secondary N) is 1. The Morgan fingerprint density at radius 3 is 2.73 bits per heavy atom. The van der Waals surface area contributed by atoms with E-state index in [2.05, 4.69) is 36.8 Å². The number of ether oxygens (including phenoxy) is 4. The maximum Gasteiger partial charge on any atom is 0.209 e. The van der Waals surface area contributed by atoms with Crippen molar-refractivity contribution in [1.29, 1.82) is 0 Å². The molecule has 1 aromatic heterocycles. The summed E-state index contributed by atoms with van der Waals surface area (Å²) in [5, 5.41) is 15.7. The Morgan fingerprint density at radius 1 is 1.15 bits per heavy atom. The average molecular weight is 559 g/mol. The number of nitrogens with zero attached hydrogens (tertiary/aromatic N) is 4.